The molecular weight excluding hydrogens is 132 g/mol. The van der Waals surface area contributed by atoms with Gasteiger partial charge in [-0.05, 0) is 0 Å². The van der Waals surface area contributed by atoms with Gasteiger partial charge < -0.3 is 10.5 Å². The number of ether oxygens (including phenoxy) is 1. The fraction of sp³-hybridized carbons (Fsp3) is 0.667. The van der Waals surface area contributed by atoms with Crippen molar-refractivity contribution >= 4 is 11.8 Å². The third-order valence-corrected chi connectivity index (χ3v) is 1.50. The van der Waals surface area contributed by atoms with Crippen LogP contribution in [0.15, 0.2) is 4.99 Å². The Morgan fingerprint density at radius 3 is 3.00 bits per heavy atom. The van der Waals surface area contributed by atoms with Crippen LogP contribution < -0.4 is 5.73 Å². The van der Waals surface area contributed by atoms with E-state index in [1.165, 1.54) is 7.11 Å². The molecule has 0 saturated carbocycles. The highest BCUT2D eigenvalue weighted by atomic mass is 16.5. The second-order valence-electron chi connectivity index (χ2n) is 2.26. The largest absolute Gasteiger partial charge is 0.469 e. The van der Waals surface area contributed by atoms with Crippen LogP contribution in [0.2, 0.25) is 0 Å². The number of carbonyl (C=O) groups excluding carboxylic acids is 1. The average Bonchev–Trinajstić information content (AvgIpc) is 2.34. The average molecular weight is 142 g/mol. The monoisotopic (exact) mass is 142 g/mol. The van der Waals surface area contributed by atoms with Gasteiger partial charge in [0.15, 0.2) is 0 Å². The predicted octanol–water partition coefficient (Wildman–Crippen LogP) is -0.464. The van der Waals surface area contributed by atoms with Crippen molar-refractivity contribution in [2.24, 2.45) is 16.6 Å². The van der Waals surface area contributed by atoms with Crippen LogP contribution in [-0.2, 0) is 9.53 Å². The lowest BCUT2D eigenvalue weighted by atomic mass is 10.1. The first-order valence-electron chi connectivity index (χ1n) is 3.10. The second kappa shape index (κ2) is 2.68. The summed E-state index contributed by atoms with van der Waals surface area (Å²) in [6.45, 7) is 0.485. The van der Waals surface area contributed by atoms with Gasteiger partial charge in [0.2, 0.25) is 0 Å². The Morgan fingerprint density at radius 1 is 1.90 bits per heavy atom. The molecule has 0 saturated heterocycles. The Kier molecular flexibility index (Phi) is 1.89. The van der Waals surface area contributed by atoms with Crippen LogP contribution in [0.1, 0.15) is 6.42 Å². The molecule has 56 valence electrons. The zero-order valence-electron chi connectivity index (χ0n) is 5.83. The van der Waals surface area contributed by atoms with E-state index in [0.29, 0.717) is 18.8 Å². The van der Waals surface area contributed by atoms with Crippen LogP contribution in [0.25, 0.3) is 0 Å². The maximum atomic E-state index is 10.8. The number of carbonyl (C=O) groups is 1. The Labute approximate surface area is 59.1 Å². The van der Waals surface area contributed by atoms with Gasteiger partial charge in [0.25, 0.3) is 0 Å². The van der Waals surface area contributed by atoms with E-state index in [1.54, 1.807) is 0 Å². The van der Waals surface area contributed by atoms with Gasteiger partial charge in [-0.3, -0.25) is 9.79 Å². The standard InChI is InChI=1S/C6H10N2O2/c1-10-6(9)4-2-5(7)8-3-4/h4H,2-3H2,1H3,(H2,7,8). The molecule has 1 rings (SSSR count). The summed E-state index contributed by atoms with van der Waals surface area (Å²) in [5.74, 6) is 0.199. The zero-order valence-corrected chi connectivity index (χ0v) is 5.83. The molecule has 10 heavy (non-hydrogen) atoms. The molecule has 2 N–H and O–H groups in total. The molecule has 1 heterocycles. The van der Waals surface area contributed by atoms with E-state index in [1.807, 2.05) is 0 Å². The smallest absolute Gasteiger partial charge is 0.311 e. The summed E-state index contributed by atoms with van der Waals surface area (Å²) in [4.78, 5) is 14.7. The summed E-state index contributed by atoms with van der Waals surface area (Å²) in [7, 11) is 1.37. The molecule has 4 nitrogen and oxygen atoms in total. The molecule has 1 aliphatic heterocycles. The Hall–Kier alpha value is -1.06. The van der Waals surface area contributed by atoms with Crippen molar-refractivity contribution in [3.8, 4) is 0 Å². The van der Waals surface area contributed by atoms with E-state index in [2.05, 4.69) is 9.73 Å². The van der Waals surface area contributed by atoms with E-state index in [4.69, 9.17) is 5.73 Å². The number of nitrogens with two attached hydrogens (primary N) is 1. The third kappa shape index (κ3) is 1.26. The van der Waals surface area contributed by atoms with E-state index >= 15 is 0 Å². The quantitative estimate of drug-likeness (QED) is 0.504. The number of amidine groups is 1. The maximum absolute atomic E-state index is 10.8. The van der Waals surface area contributed by atoms with Gasteiger partial charge in [-0.15, -0.1) is 0 Å². The van der Waals surface area contributed by atoms with E-state index in [9.17, 15) is 4.79 Å². The van der Waals surface area contributed by atoms with Gasteiger partial charge in [0.05, 0.1) is 25.4 Å². The van der Waals surface area contributed by atoms with E-state index < -0.39 is 0 Å². The molecule has 0 bridgehead atoms. The number of rotatable bonds is 1. The number of methoxy groups -OCH3 is 1. The SMILES string of the molecule is COC(=O)C1CN=C(N)C1. The van der Waals surface area contributed by atoms with Gasteiger partial charge >= 0.3 is 5.97 Å². The Balaban J connectivity index is 2.42. The lowest BCUT2D eigenvalue weighted by Crippen LogP contribution is -2.19. The second-order valence-corrected chi connectivity index (χ2v) is 2.26. The van der Waals surface area contributed by atoms with Crippen LogP contribution >= 0.6 is 0 Å². The molecule has 1 aliphatic rings. The Morgan fingerprint density at radius 2 is 2.60 bits per heavy atom. The molecule has 0 aromatic carbocycles. The molecule has 1 atom stereocenters. The first-order valence-corrected chi connectivity index (χ1v) is 3.10. The molecule has 0 fully saturated rings. The first kappa shape index (κ1) is 7.05. The van der Waals surface area contributed by atoms with E-state index in [-0.39, 0.29) is 11.9 Å². The lowest BCUT2D eigenvalue weighted by molar-refractivity contribution is -0.144. The van der Waals surface area contributed by atoms with Crippen LogP contribution in [0.5, 0.6) is 0 Å². The first-order chi connectivity index (χ1) is 4.74. The highest BCUT2D eigenvalue weighted by Gasteiger charge is 2.24. The van der Waals surface area contributed by atoms with Crippen molar-refractivity contribution in [2.45, 2.75) is 6.42 Å². The normalized spacial score (nSPS) is 24.1. The summed E-state index contributed by atoms with van der Waals surface area (Å²) in [5.41, 5.74) is 5.36. The van der Waals surface area contributed by atoms with Crippen molar-refractivity contribution in [3.63, 3.8) is 0 Å². The van der Waals surface area contributed by atoms with Crippen LogP contribution in [0, 0.1) is 5.92 Å². The fourth-order valence-electron chi connectivity index (χ4n) is 0.934. The predicted molar refractivity (Wildman–Crippen MR) is 36.6 cm³/mol. The maximum Gasteiger partial charge on any atom is 0.311 e. The summed E-state index contributed by atoms with van der Waals surface area (Å²) >= 11 is 0. The molecule has 4 heteroatoms. The Bertz CT molecular complexity index is 177. The molecule has 0 aromatic heterocycles. The van der Waals surface area contributed by atoms with E-state index in [0.717, 1.165) is 0 Å². The number of esters is 1. The highest BCUT2D eigenvalue weighted by molar-refractivity contribution is 5.88. The molecule has 0 aliphatic carbocycles. The number of nitrogens with zero attached hydrogens (tertiary/aromatic N) is 1. The summed E-state index contributed by atoms with van der Waals surface area (Å²) in [6.07, 6.45) is 0.548. The lowest BCUT2D eigenvalue weighted by Gasteiger charge is -2.03. The van der Waals surface area contributed by atoms with Crippen molar-refractivity contribution in [2.75, 3.05) is 13.7 Å². The molecule has 0 radical (unpaired) electrons. The highest BCUT2D eigenvalue weighted by Crippen LogP contribution is 2.11. The van der Waals surface area contributed by atoms with Gasteiger partial charge in [-0.25, -0.2) is 0 Å². The van der Waals surface area contributed by atoms with Crippen LogP contribution in [0.4, 0.5) is 0 Å². The molecule has 1 unspecified atom stereocenters. The van der Waals surface area contributed by atoms with Gasteiger partial charge in [0, 0.05) is 6.42 Å². The van der Waals surface area contributed by atoms with Gasteiger partial charge in [0.1, 0.15) is 0 Å². The number of hydrogen-bond donors (Lipinski definition) is 1. The summed E-state index contributed by atoms with van der Waals surface area (Å²) < 4.78 is 4.51. The van der Waals surface area contributed by atoms with Gasteiger partial charge in [-0.1, -0.05) is 0 Å². The van der Waals surface area contributed by atoms with Crippen molar-refractivity contribution in [1.29, 1.82) is 0 Å². The third-order valence-electron chi connectivity index (χ3n) is 1.50. The molecule has 0 amide bonds. The number of hydrogen-bond acceptors (Lipinski definition) is 4. The molecule has 0 aromatic rings. The summed E-state index contributed by atoms with van der Waals surface area (Å²) in [5, 5.41) is 0. The minimum absolute atomic E-state index is 0.134. The minimum atomic E-state index is -0.218. The molecule has 0 spiro atoms. The van der Waals surface area contributed by atoms with Crippen molar-refractivity contribution in [1.82, 2.24) is 0 Å². The topological polar surface area (TPSA) is 64.7 Å². The van der Waals surface area contributed by atoms with Crippen molar-refractivity contribution in [3.05, 3.63) is 0 Å². The van der Waals surface area contributed by atoms with Gasteiger partial charge in [-0.2, -0.15) is 0 Å². The van der Waals surface area contributed by atoms with Crippen LogP contribution in [0.3, 0.4) is 0 Å². The number of aliphatic imine (C=N–C) groups is 1. The van der Waals surface area contributed by atoms with Crippen LogP contribution in [-0.4, -0.2) is 25.5 Å². The zero-order chi connectivity index (χ0) is 7.56. The summed E-state index contributed by atoms with van der Waals surface area (Å²) in [6, 6.07) is 0. The van der Waals surface area contributed by atoms with Crippen molar-refractivity contribution < 1.29 is 9.53 Å². The molecular formula is C6H10N2O2. The fourth-order valence-corrected chi connectivity index (χ4v) is 0.934. The minimum Gasteiger partial charge on any atom is -0.469 e.